The fraction of sp³-hybridized carbons (Fsp3) is 0.533. The molecule has 6 heteroatoms. The third-order valence-corrected chi connectivity index (χ3v) is 4.42. The maximum Gasteiger partial charge on any atom is 0.191 e. The summed E-state index contributed by atoms with van der Waals surface area (Å²) in [6.07, 6.45) is 1.22. The van der Waals surface area contributed by atoms with Gasteiger partial charge in [-0.05, 0) is 24.0 Å². The minimum absolute atomic E-state index is 0. The predicted molar refractivity (Wildman–Crippen MR) is 100 cm³/mol. The van der Waals surface area contributed by atoms with Crippen LogP contribution in [-0.4, -0.2) is 31.3 Å². The van der Waals surface area contributed by atoms with E-state index in [1.54, 1.807) is 24.9 Å². The number of hydrogen-bond donors (Lipinski definition) is 2. The average Bonchev–Trinajstić information content (AvgIpc) is 3.14. The van der Waals surface area contributed by atoms with Crippen LogP contribution in [0.3, 0.4) is 0 Å². The van der Waals surface area contributed by atoms with Crippen molar-refractivity contribution in [1.29, 1.82) is 0 Å². The highest BCUT2D eigenvalue weighted by molar-refractivity contribution is 14.0. The summed E-state index contributed by atoms with van der Waals surface area (Å²) < 4.78 is 13.4. The standard InChI is InChI=1S/C15H22FN3S.HI/c1-11-9-14(11)19-15(17-2)18-7-8-20-10-12-5-3-4-6-13(12)16;/h3-6,11,14H,7-10H2,1-2H3,(H2,17,18,19);1H. The molecule has 0 radical (unpaired) electrons. The molecular formula is C15H23FIN3S. The Balaban J connectivity index is 0.00000220. The van der Waals surface area contributed by atoms with Gasteiger partial charge in [-0.3, -0.25) is 4.99 Å². The van der Waals surface area contributed by atoms with Crippen LogP contribution >= 0.6 is 35.7 Å². The van der Waals surface area contributed by atoms with Gasteiger partial charge in [0.2, 0.25) is 0 Å². The molecule has 1 saturated carbocycles. The Labute approximate surface area is 147 Å². The van der Waals surface area contributed by atoms with Gasteiger partial charge in [-0.15, -0.1) is 24.0 Å². The summed E-state index contributed by atoms with van der Waals surface area (Å²) in [5.41, 5.74) is 0.770. The molecule has 3 nitrogen and oxygen atoms in total. The number of thioether (sulfide) groups is 1. The molecule has 1 aromatic carbocycles. The van der Waals surface area contributed by atoms with Gasteiger partial charge in [-0.1, -0.05) is 25.1 Å². The normalized spacial score (nSPS) is 20.6. The molecule has 0 spiro atoms. The number of nitrogens with zero attached hydrogens (tertiary/aromatic N) is 1. The number of hydrogen-bond acceptors (Lipinski definition) is 2. The van der Waals surface area contributed by atoms with E-state index < -0.39 is 0 Å². The van der Waals surface area contributed by atoms with Crippen molar-refractivity contribution in [3.05, 3.63) is 35.6 Å². The van der Waals surface area contributed by atoms with E-state index in [9.17, 15) is 4.39 Å². The van der Waals surface area contributed by atoms with Crippen LogP contribution in [0.25, 0.3) is 0 Å². The van der Waals surface area contributed by atoms with E-state index in [1.165, 1.54) is 12.5 Å². The van der Waals surface area contributed by atoms with Crippen LogP contribution in [0.1, 0.15) is 18.9 Å². The minimum atomic E-state index is -0.117. The average molecular weight is 423 g/mol. The second-order valence-corrected chi connectivity index (χ2v) is 6.21. The minimum Gasteiger partial charge on any atom is -0.356 e. The van der Waals surface area contributed by atoms with E-state index in [4.69, 9.17) is 0 Å². The third-order valence-electron chi connectivity index (χ3n) is 3.41. The van der Waals surface area contributed by atoms with Crippen molar-refractivity contribution >= 4 is 41.7 Å². The summed E-state index contributed by atoms with van der Waals surface area (Å²) in [5.74, 6) is 3.14. The zero-order chi connectivity index (χ0) is 14.4. The first-order valence-corrected chi connectivity index (χ1v) is 8.14. The highest BCUT2D eigenvalue weighted by Crippen LogP contribution is 2.28. The van der Waals surface area contributed by atoms with E-state index in [1.807, 2.05) is 12.1 Å². The zero-order valence-electron chi connectivity index (χ0n) is 12.4. The van der Waals surface area contributed by atoms with Crippen LogP contribution in [0.15, 0.2) is 29.3 Å². The summed E-state index contributed by atoms with van der Waals surface area (Å²) in [6, 6.07) is 7.52. The van der Waals surface area contributed by atoms with E-state index in [0.29, 0.717) is 11.8 Å². The smallest absolute Gasteiger partial charge is 0.191 e. The molecule has 2 unspecified atom stereocenters. The van der Waals surface area contributed by atoms with Crippen LogP contribution in [0.4, 0.5) is 4.39 Å². The lowest BCUT2D eigenvalue weighted by molar-refractivity contribution is 0.617. The Morgan fingerprint density at radius 3 is 2.76 bits per heavy atom. The monoisotopic (exact) mass is 423 g/mol. The predicted octanol–water partition coefficient (Wildman–Crippen LogP) is 3.25. The fourth-order valence-corrected chi connectivity index (χ4v) is 2.78. The first-order valence-electron chi connectivity index (χ1n) is 6.99. The van der Waals surface area contributed by atoms with Gasteiger partial charge < -0.3 is 10.6 Å². The molecule has 21 heavy (non-hydrogen) atoms. The molecule has 2 atom stereocenters. The summed E-state index contributed by atoms with van der Waals surface area (Å²) >= 11 is 1.72. The molecule has 118 valence electrons. The van der Waals surface area contributed by atoms with Gasteiger partial charge in [0.1, 0.15) is 5.82 Å². The van der Waals surface area contributed by atoms with Crippen molar-refractivity contribution in [3.8, 4) is 0 Å². The lowest BCUT2D eigenvalue weighted by Crippen LogP contribution is -2.40. The second-order valence-electron chi connectivity index (χ2n) is 5.11. The number of aliphatic imine (C=N–C) groups is 1. The van der Waals surface area contributed by atoms with Crippen molar-refractivity contribution in [2.45, 2.75) is 25.1 Å². The molecular weight excluding hydrogens is 400 g/mol. The first kappa shape index (κ1) is 18.5. The van der Waals surface area contributed by atoms with Crippen molar-refractivity contribution < 1.29 is 4.39 Å². The van der Waals surface area contributed by atoms with E-state index in [2.05, 4.69) is 22.5 Å². The van der Waals surface area contributed by atoms with Crippen molar-refractivity contribution in [2.75, 3.05) is 19.3 Å². The molecule has 0 heterocycles. The SMILES string of the molecule is CN=C(NCCSCc1ccccc1F)NC1CC1C.I. The summed E-state index contributed by atoms with van der Waals surface area (Å²) in [6.45, 7) is 3.06. The van der Waals surface area contributed by atoms with E-state index in [-0.39, 0.29) is 29.8 Å². The van der Waals surface area contributed by atoms with Crippen molar-refractivity contribution in [2.24, 2.45) is 10.9 Å². The Morgan fingerprint density at radius 2 is 2.14 bits per heavy atom. The van der Waals surface area contributed by atoms with E-state index in [0.717, 1.165) is 29.7 Å². The molecule has 0 aliphatic heterocycles. The van der Waals surface area contributed by atoms with Gasteiger partial charge in [0.05, 0.1) is 0 Å². The number of rotatable bonds is 6. The van der Waals surface area contributed by atoms with Gasteiger partial charge in [0, 0.05) is 31.1 Å². The van der Waals surface area contributed by atoms with Crippen molar-refractivity contribution in [1.82, 2.24) is 10.6 Å². The topological polar surface area (TPSA) is 36.4 Å². The number of nitrogens with one attached hydrogen (secondary N) is 2. The van der Waals surface area contributed by atoms with Gasteiger partial charge in [-0.25, -0.2) is 4.39 Å². The lowest BCUT2D eigenvalue weighted by atomic mass is 10.2. The van der Waals surface area contributed by atoms with Crippen LogP contribution in [-0.2, 0) is 5.75 Å². The Morgan fingerprint density at radius 1 is 1.43 bits per heavy atom. The molecule has 1 aliphatic carbocycles. The largest absolute Gasteiger partial charge is 0.356 e. The highest BCUT2D eigenvalue weighted by Gasteiger charge is 2.33. The number of guanidine groups is 1. The molecule has 0 saturated heterocycles. The molecule has 2 rings (SSSR count). The van der Waals surface area contributed by atoms with Crippen molar-refractivity contribution in [3.63, 3.8) is 0 Å². The van der Waals surface area contributed by atoms with Crippen LogP contribution < -0.4 is 10.6 Å². The molecule has 1 aromatic rings. The maximum atomic E-state index is 13.4. The quantitative estimate of drug-likeness (QED) is 0.319. The number of benzene rings is 1. The second kappa shape index (κ2) is 9.50. The highest BCUT2D eigenvalue weighted by atomic mass is 127. The summed E-state index contributed by atoms with van der Waals surface area (Å²) in [4.78, 5) is 4.20. The molecule has 0 amide bonds. The molecule has 1 fully saturated rings. The van der Waals surface area contributed by atoms with Crippen LogP contribution in [0.2, 0.25) is 0 Å². The fourth-order valence-electron chi connectivity index (χ4n) is 1.93. The third kappa shape index (κ3) is 6.42. The van der Waals surface area contributed by atoms with Gasteiger partial charge in [0.15, 0.2) is 5.96 Å². The molecule has 0 bridgehead atoms. The maximum absolute atomic E-state index is 13.4. The van der Waals surface area contributed by atoms with Crippen LogP contribution in [0, 0.1) is 11.7 Å². The van der Waals surface area contributed by atoms with Gasteiger partial charge >= 0.3 is 0 Å². The zero-order valence-corrected chi connectivity index (χ0v) is 15.6. The van der Waals surface area contributed by atoms with Gasteiger partial charge in [0.25, 0.3) is 0 Å². The lowest BCUT2D eigenvalue weighted by Gasteiger charge is -2.11. The van der Waals surface area contributed by atoms with Crippen LogP contribution in [0.5, 0.6) is 0 Å². The summed E-state index contributed by atoms with van der Waals surface area (Å²) in [7, 11) is 1.79. The Kier molecular flexibility index (Phi) is 8.39. The Bertz CT molecular complexity index is 470. The summed E-state index contributed by atoms with van der Waals surface area (Å²) in [5, 5.41) is 6.66. The molecule has 2 N–H and O–H groups in total. The van der Waals surface area contributed by atoms with E-state index >= 15 is 0 Å². The Hall–Kier alpha value is -0.500. The molecule has 0 aromatic heterocycles. The molecule has 1 aliphatic rings. The number of halogens is 2. The first-order chi connectivity index (χ1) is 9.70. The van der Waals surface area contributed by atoms with Gasteiger partial charge in [-0.2, -0.15) is 11.8 Å².